The average Bonchev–Trinajstić information content (AvgIpc) is 2.59. The Hall–Kier alpha value is -0.160. The molecule has 2 heterocycles. The Bertz CT molecular complexity index is 310. The minimum atomic E-state index is -0.0449. The molecule has 0 aromatic heterocycles. The third-order valence-electron chi connectivity index (χ3n) is 4.65. The quantitative estimate of drug-likeness (QED) is 0.786. The van der Waals surface area contributed by atoms with Crippen molar-refractivity contribution in [3.63, 3.8) is 0 Å². The van der Waals surface area contributed by atoms with Gasteiger partial charge in [0.2, 0.25) is 0 Å². The third kappa shape index (κ3) is 3.94. The van der Waals surface area contributed by atoms with E-state index in [2.05, 4.69) is 32.6 Å². The Morgan fingerprint density at radius 1 is 1.20 bits per heavy atom. The second kappa shape index (κ2) is 6.30. The molecule has 0 spiro atoms. The SMILES string of the molecule is CC1(C)CC(N2CCC(OCCCN)CC2)C(C)(C)O1. The number of hydrogen-bond donors (Lipinski definition) is 1. The monoisotopic (exact) mass is 284 g/mol. The molecule has 1 unspecified atom stereocenters. The second-order valence-corrected chi connectivity index (χ2v) is 7.43. The van der Waals surface area contributed by atoms with Crippen LogP contribution in [-0.4, -0.2) is 54.5 Å². The van der Waals surface area contributed by atoms with Crippen molar-refractivity contribution in [1.82, 2.24) is 4.90 Å². The largest absolute Gasteiger partial charge is 0.378 e. The van der Waals surface area contributed by atoms with E-state index in [1.807, 2.05) is 0 Å². The van der Waals surface area contributed by atoms with Crippen molar-refractivity contribution in [2.45, 2.75) is 76.7 Å². The summed E-state index contributed by atoms with van der Waals surface area (Å²) in [5.41, 5.74) is 5.46. The highest BCUT2D eigenvalue weighted by atomic mass is 16.5. The van der Waals surface area contributed by atoms with Gasteiger partial charge in [0.15, 0.2) is 0 Å². The van der Waals surface area contributed by atoms with Gasteiger partial charge in [0.25, 0.3) is 0 Å². The molecule has 118 valence electrons. The average molecular weight is 284 g/mol. The molecular formula is C16H32N2O2. The van der Waals surface area contributed by atoms with E-state index < -0.39 is 0 Å². The molecule has 2 aliphatic rings. The van der Waals surface area contributed by atoms with Crippen LogP contribution in [0, 0.1) is 0 Å². The maximum Gasteiger partial charge on any atom is 0.0789 e. The van der Waals surface area contributed by atoms with Crippen LogP contribution in [-0.2, 0) is 9.47 Å². The van der Waals surface area contributed by atoms with Crippen LogP contribution in [0.5, 0.6) is 0 Å². The lowest BCUT2D eigenvalue weighted by molar-refractivity contribution is -0.0865. The van der Waals surface area contributed by atoms with Gasteiger partial charge in [0, 0.05) is 25.7 Å². The van der Waals surface area contributed by atoms with Gasteiger partial charge < -0.3 is 15.2 Å². The van der Waals surface area contributed by atoms with Crippen LogP contribution >= 0.6 is 0 Å². The molecule has 0 bridgehead atoms. The summed E-state index contributed by atoms with van der Waals surface area (Å²) in [5, 5.41) is 0. The lowest BCUT2D eigenvalue weighted by atomic mass is 9.91. The van der Waals surface area contributed by atoms with Crippen molar-refractivity contribution in [2.24, 2.45) is 5.73 Å². The molecule has 1 atom stereocenters. The van der Waals surface area contributed by atoms with Crippen LogP contribution < -0.4 is 5.73 Å². The van der Waals surface area contributed by atoms with Crippen molar-refractivity contribution in [2.75, 3.05) is 26.2 Å². The number of rotatable bonds is 5. The lowest BCUT2D eigenvalue weighted by Gasteiger charge is -2.40. The highest BCUT2D eigenvalue weighted by Gasteiger charge is 2.48. The van der Waals surface area contributed by atoms with Crippen LogP contribution in [0.3, 0.4) is 0 Å². The first kappa shape index (κ1) is 16.2. The first-order valence-electron chi connectivity index (χ1n) is 8.10. The predicted molar refractivity (Wildman–Crippen MR) is 81.9 cm³/mol. The normalized spacial score (nSPS) is 30.8. The molecule has 2 fully saturated rings. The first-order valence-corrected chi connectivity index (χ1v) is 8.10. The number of hydrogen-bond acceptors (Lipinski definition) is 4. The fourth-order valence-corrected chi connectivity index (χ4v) is 3.79. The van der Waals surface area contributed by atoms with E-state index in [0.29, 0.717) is 12.1 Å². The highest BCUT2D eigenvalue weighted by Crippen LogP contribution is 2.40. The summed E-state index contributed by atoms with van der Waals surface area (Å²) in [6.45, 7) is 12.7. The Kier molecular flexibility index (Phi) is 5.11. The second-order valence-electron chi connectivity index (χ2n) is 7.43. The van der Waals surface area contributed by atoms with Crippen LogP contribution in [0.25, 0.3) is 0 Å². The number of ether oxygens (including phenoxy) is 2. The number of piperidine rings is 1. The maximum absolute atomic E-state index is 6.22. The van der Waals surface area contributed by atoms with Gasteiger partial charge in [0.05, 0.1) is 17.3 Å². The summed E-state index contributed by atoms with van der Waals surface area (Å²) in [7, 11) is 0. The highest BCUT2D eigenvalue weighted by molar-refractivity contribution is 5.00. The van der Waals surface area contributed by atoms with Crippen LogP contribution in [0.15, 0.2) is 0 Å². The van der Waals surface area contributed by atoms with Crippen LogP contribution in [0.1, 0.15) is 53.4 Å². The third-order valence-corrected chi connectivity index (χ3v) is 4.65. The molecule has 0 aromatic rings. The number of nitrogens with zero attached hydrogens (tertiary/aromatic N) is 1. The van der Waals surface area contributed by atoms with E-state index in [-0.39, 0.29) is 11.2 Å². The molecule has 2 aliphatic heterocycles. The van der Waals surface area contributed by atoms with Gasteiger partial charge in [0.1, 0.15) is 0 Å². The number of nitrogens with two attached hydrogens (primary N) is 1. The molecule has 4 heteroatoms. The van der Waals surface area contributed by atoms with E-state index in [0.717, 1.165) is 51.9 Å². The summed E-state index contributed by atoms with van der Waals surface area (Å²) in [6.07, 6.45) is 4.79. The minimum Gasteiger partial charge on any atom is -0.378 e. The van der Waals surface area contributed by atoms with Gasteiger partial charge in [-0.3, -0.25) is 4.90 Å². The zero-order valence-corrected chi connectivity index (χ0v) is 13.7. The molecule has 0 saturated carbocycles. The van der Waals surface area contributed by atoms with Gasteiger partial charge in [-0.1, -0.05) is 0 Å². The molecule has 4 nitrogen and oxygen atoms in total. The van der Waals surface area contributed by atoms with Gasteiger partial charge in [-0.15, -0.1) is 0 Å². The summed E-state index contributed by atoms with van der Waals surface area (Å²) >= 11 is 0. The molecule has 2 N–H and O–H groups in total. The van der Waals surface area contributed by atoms with Crippen molar-refractivity contribution < 1.29 is 9.47 Å². The van der Waals surface area contributed by atoms with E-state index >= 15 is 0 Å². The van der Waals surface area contributed by atoms with E-state index in [1.165, 1.54) is 0 Å². The maximum atomic E-state index is 6.22. The molecule has 0 aromatic carbocycles. The zero-order chi connectivity index (χ0) is 14.8. The van der Waals surface area contributed by atoms with E-state index in [9.17, 15) is 0 Å². The summed E-state index contributed by atoms with van der Waals surface area (Å²) in [5.74, 6) is 0. The predicted octanol–water partition coefficient (Wildman–Crippen LogP) is 2.16. The van der Waals surface area contributed by atoms with Crippen LogP contribution in [0.4, 0.5) is 0 Å². The molecule has 2 rings (SSSR count). The molecule has 20 heavy (non-hydrogen) atoms. The number of likely N-dealkylation sites (tertiary alicyclic amines) is 1. The van der Waals surface area contributed by atoms with Gasteiger partial charge in [-0.2, -0.15) is 0 Å². The van der Waals surface area contributed by atoms with Crippen molar-refractivity contribution in [1.29, 1.82) is 0 Å². The Morgan fingerprint density at radius 3 is 2.35 bits per heavy atom. The molecule has 0 radical (unpaired) electrons. The first-order chi connectivity index (χ1) is 9.34. The Balaban J connectivity index is 1.82. The molecule has 0 aliphatic carbocycles. The van der Waals surface area contributed by atoms with E-state index in [1.54, 1.807) is 0 Å². The fraction of sp³-hybridized carbons (Fsp3) is 1.00. The van der Waals surface area contributed by atoms with Crippen LogP contribution in [0.2, 0.25) is 0 Å². The summed E-state index contributed by atoms with van der Waals surface area (Å²) in [6, 6.07) is 0.530. The van der Waals surface area contributed by atoms with Gasteiger partial charge >= 0.3 is 0 Å². The topological polar surface area (TPSA) is 47.7 Å². The van der Waals surface area contributed by atoms with Crippen molar-refractivity contribution in [3.8, 4) is 0 Å². The Morgan fingerprint density at radius 2 is 1.85 bits per heavy atom. The minimum absolute atomic E-state index is 0.00262. The summed E-state index contributed by atoms with van der Waals surface area (Å²) < 4.78 is 12.1. The standard InChI is InChI=1S/C16H32N2O2/c1-15(2)12-14(16(3,4)20-15)18-9-6-13(7-10-18)19-11-5-8-17/h13-14H,5-12,17H2,1-4H3. The summed E-state index contributed by atoms with van der Waals surface area (Å²) in [4.78, 5) is 2.61. The molecular weight excluding hydrogens is 252 g/mol. The van der Waals surface area contributed by atoms with Crippen molar-refractivity contribution in [3.05, 3.63) is 0 Å². The van der Waals surface area contributed by atoms with E-state index in [4.69, 9.17) is 15.2 Å². The fourth-order valence-electron chi connectivity index (χ4n) is 3.79. The van der Waals surface area contributed by atoms with Crippen molar-refractivity contribution >= 4 is 0 Å². The zero-order valence-electron chi connectivity index (χ0n) is 13.7. The molecule has 0 amide bonds. The Labute approximate surface area is 124 Å². The van der Waals surface area contributed by atoms with Gasteiger partial charge in [-0.25, -0.2) is 0 Å². The smallest absolute Gasteiger partial charge is 0.0789 e. The lowest BCUT2D eigenvalue weighted by Crippen LogP contribution is -2.50. The molecule has 2 saturated heterocycles. The van der Waals surface area contributed by atoms with Gasteiger partial charge in [-0.05, 0) is 59.9 Å².